The van der Waals surface area contributed by atoms with E-state index < -0.39 is 5.97 Å². The largest absolute Gasteiger partial charge is 0.394 e. The van der Waals surface area contributed by atoms with Gasteiger partial charge in [0.15, 0.2) is 5.75 Å². The molecule has 0 fully saturated rings. The van der Waals surface area contributed by atoms with Crippen LogP contribution in [0.25, 0.3) is 0 Å². The van der Waals surface area contributed by atoms with Gasteiger partial charge in [-0.3, -0.25) is 4.89 Å². The number of hydrogen-bond donors (Lipinski definition) is 2. The third-order valence-corrected chi connectivity index (χ3v) is 7.74. The van der Waals surface area contributed by atoms with Crippen molar-refractivity contribution in [1.29, 1.82) is 0 Å². The molecular formula is C40H72O5. The van der Waals surface area contributed by atoms with Gasteiger partial charge in [-0.05, 0) is 43.4 Å². The normalized spacial score (nSPS) is 10.2. The van der Waals surface area contributed by atoms with Gasteiger partial charge in [-0.25, -0.2) is 9.68 Å². The van der Waals surface area contributed by atoms with Crippen molar-refractivity contribution < 1.29 is 24.8 Å². The van der Waals surface area contributed by atoms with E-state index >= 15 is 0 Å². The summed E-state index contributed by atoms with van der Waals surface area (Å²) in [5.74, 6) is -0.0735. The predicted octanol–water partition coefficient (Wildman–Crippen LogP) is 11.8. The molecular weight excluding hydrogens is 560 g/mol. The van der Waals surface area contributed by atoms with Gasteiger partial charge in [0.2, 0.25) is 0 Å². The van der Waals surface area contributed by atoms with Crippen LogP contribution in [0.2, 0.25) is 0 Å². The number of allylic oxidation sites excluding steroid dienone is 1. The number of rotatable bonds is 29. The molecule has 0 aliphatic carbocycles. The zero-order valence-electron chi connectivity index (χ0n) is 29.6. The molecule has 1 aromatic carbocycles. The first-order valence-corrected chi connectivity index (χ1v) is 18.5. The molecule has 0 aliphatic rings. The number of aliphatic hydroxyl groups is 2. The third kappa shape index (κ3) is 38.0. The van der Waals surface area contributed by atoms with Gasteiger partial charge >= 0.3 is 5.97 Å². The maximum Gasteiger partial charge on any atom is 0.378 e. The molecule has 0 aliphatic heterocycles. The molecule has 0 saturated carbocycles. The summed E-state index contributed by atoms with van der Waals surface area (Å²) in [5, 5.41) is 15.2. The van der Waals surface area contributed by atoms with Crippen molar-refractivity contribution in [2.75, 3.05) is 13.2 Å². The van der Waals surface area contributed by atoms with Crippen molar-refractivity contribution in [3.8, 4) is 5.75 Å². The molecule has 0 saturated heterocycles. The third-order valence-electron chi connectivity index (χ3n) is 7.74. The van der Waals surface area contributed by atoms with Crippen LogP contribution in [-0.4, -0.2) is 29.4 Å². The monoisotopic (exact) mass is 633 g/mol. The smallest absolute Gasteiger partial charge is 0.378 e. The summed E-state index contributed by atoms with van der Waals surface area (Å²) in [6, 6.07) is 7.64. The highest BCUT2D eigenvalue weighted by atomic mass is 17.2. The molecule has 2 N–H and O–H groups in total. The van der Waals surface area contributed by atoms with Crippen LogP contribution in [0.1, 0.15) is 174 Å². The fourth-order valence-electron chi connectivity index (χ4n) is 4.96. The molecule has 262 valence electrons. The van der Waals surface area contributed by atoms with E-state index in [2.05, 4.69) is 31.9 Å². The first kappa shape index (κ1) is 45.0. The van der Waals surface area contributed by atoms with Crippen molar-refractivity contribution in [2.45, 2.75) is 174 Å². The maximum absolute atomic E-state index is 10.9. The van der Waals surface area contributed by atoms with Gasteiger partial charge in [-0.15, -0.1) is 6.58 Å². The molecule has 0 amide bonds. The molecule has 0 unspecified atom stereocenters. The highest BCUT2D eigenvalue weighted by Crippen LogP contribution is 2.16. The number of benzene rings is 1. The molecule has 5 heteroatoms. The van der Waals surface area contributed by atoms with Crippen molar-refractivity contribution in [3.63, 3.8) is 0 Å². The van der Waals surface area contributed by atoms with Crippen molar-refractivity contribution in [3.05, 3.63) is 55.1 Å². The van der Waals surface area contributed by atoms with Crippen molar-refractivity contribution in [2.24, 2.45) is 0 Å². The molecule has 0 radical (unpaired) electrons. The Morgan fingerprint density at radius 2 is 0.978 bits per heavy atom. The van der Waals surface area contributed by atoms with Crippen LogP contribution in [0.4, 0.5) is 0 Å². The lowest BCUT2D eigenvalue weighted by Gasteiger charge is -2.05. The summed E-state index contributed by atoms with van der Waals surface area (Å²) in [6.07, 6.45) is 37.8. The zero-order chi connectivity index (χ0) is 33.5. The number of carbonyl (C=O) groups excluding carboxylic acids is 1. The van der Waals surface area contributed by atoms with Crippen LogP contribution >= 0.6 is 0 Å². The van der Waals surface area contributed by atoms with Crippen LogP contribution in [0.3, 0.4) is 0 Å². The molecule has 0 atom stereocenters. The minimum Gasteiger partial charge on any atom is -0.394 e. The van der Waals surface area contributed by atoms with Crippen molar-refractivity contribution >= 4 is 5.97 Å². The molecule has 0 aromatic heterocycles. The average molecular weight is 633 g/mol. The second kappa shape index (κ2) is 39.9. The fraction of sp³-hybridized carbons (Fsp3) is 0.725. The number of aryl methyl sites for hydroxylation is 1. The van der Waals surface area contributed by atoms with E-state index in [0.29, 0.717) is 5.75 Å². The Balaban J connectivity index is 0. The summed E-state index contributed by atoms with van der Waals surface area (Å²) in [4.78, 5) is 20.2. The fourth-order valence-corrected chi connectivity index (χ4v) is 4.96. The first-order valence-electron chi connectivity index (χ1n) is 18.5. The van der Waals surface area contributed by atoms with E-state index in [9.17, 15) is 4.79 Å². The van der Waals surface area contributed by atoms with Crippen LogP contribution in [-0.2, 0) is 16.1 Å². The summed E-state index contributed by atoms with van der Waals surface area (Å²) in [5.41, 5.74) is 1.28. The average Bonchev–Trinajstić information content (AvgIpc) is 3.07. The standard InChI is InChI=1S/C20H40.C18H26O3.C2H6O2/c1-3-5-7-9-11-13-15-17-19-20-18-16-14-12-10-8-6-4-2;1-3-5-6-7-8-9-10-11-16-12-14-17(15-13-16)20-21-18(19)4-2;3-1-2-4/h3H,1,4-20H2,2H3;4,12-15H,2-3,5-11H2,1H3;3-4H,1-2H2. The van der Waals surface area contributed by atoms with Crippen LogP contribution in [0, 0.1) is 0 Å². The highest BCUT2D eigenvalue weighted by molar-refractivity contribution is 5.80. The maximum atomic E-state index is 10.9. The van der Waals surface area contributed by atoms with E-state index in [-0.39, 0.29) is 13.2 Å². The lowest BCUT2D eigenvalue weighted by atomic mass is 10.0. The number of carbonyl (C=O) groups is 1. The van der Waals surface area contributed by atoms with Crippen molar-refractivity contribution in [1.82, 2.24) is 0 Å². The van der Waals surface area contributed by atoms with E-state index in [4.69, 9.17) is 15.1 Å². The molecule has 1 aromatic rings. The molecule has 0 bridgehead atoms. The number of hydrogen-bond acceptors (Lipinski definition) is 5. The molecule has 0 heterocycles. The van der Waals surface area contributed by atoms with E-state index in [1.165, 1.54) is 160 Å². The Morgan fingerprint density at radius 1 is 0.600 bits per heavy atom. The molecule has 1 rings (SSSR count). The van der Waals surface area contributed by atoms with Gasteiger partial charge < -0.3 is 10.2 Å². The topological polar surface area (TPSA) is 76.0 Å². The lowest BCUT2D eigenvalue weighted by molar-refractivity contribution is -0.207. The van der Waals surface area contributed by atoms with E-state index in [1.807, 2.05) is 30.3 Å². The Labute approximate surface area is 278 Å². The minimum atomic E-state index is -0.595. The predicted molar refractivity (Wildman–Crippen MR) is 194 cm³/mol. The van der Waals surface area contributed by atoms with Gasteiger partial charge in [0, 0.05) is 6.08 Å². The Hall–Kier alpha value is -2.11. The van der Waals surface area contributed by atoms with E-state index in [0.717, 1.165) is 12.5 Å². The Morgan fingerprint density at radius 3 is 1.33 bits per heavy atom. The lowest BCUT2D eigenvalue weighted by Crippen LogP contribution is -2.03. The molecule has 0 spiro atoms. The summed E-state index contributed by atoms with van der Waals surface area (Å²) >= 11 is 0. The second-order valence-electron chi connectivity index (χ2n) is 12.0. The quantitative estimate of drug-likeness (QED) is 0.0302. The number of unbranched alkanes of at least 4 members (excludes halogenated alkanes) is 22. The Bertz CT molecular complexity index is 729. The van der Waals surface area contributed by atoms with Gasteiger partial charge in [-0.2, -0.15) is 0 Å². The van der Waals surface area contributed by atoms with Gasteiger partial charge in [0.25, 0.3) is 0 Å². The number of aliphatic hydroxyl groups excluding tert-OH is 2. The van der Waals surface area contributed by atoms with E-state index in [1.54, 1.807) is 0 Å². The van der Waals surface area contributed by atoms with Crippen LogP contribution in [0.15, 0.2) is 49.6 Å². The molecule has 5 nitrogen and oxygen atoms in total. The Kier molecular flexibility index (Phi) is 39.9. The van der Waals surface area contributed by atoms with Gasteiger partial charge in [-0.1, -0.05) is 173 Å². The SMILES string of the molecule is C=CC(=O)OOc1ccc(CCCCCCCCC)cc1.C=CCCCCCCCCCCCCCCCCCC.OCCO. The highest BCUT2D eigenvalue weighted by Gasteiger charge is 2.01. The van der Waals surface area contributed by atoms with Crippen LogP contribution in [0.5, 0.6) is 5.75 Å². The van der Waals surface area contributed by atoms with Gasteiger partial charge in [0.1, 0.15) is 0 Å². The van der Waals surface area contributed by atoms with Gasteiger partial charge in [0.05, 0.1) is 13.2 Å². The minimum absolute atomic E-state index is 0.125. The summed E-state index contributed by atoms with van der Waals surface area (Å²) in [7, 11) is 0. The summed E-state index contributed by atoms with van der Waals surface area (Å²) in [6.45, 7) is 11.4. The van der Waals surface area contributed by atoms with Crippen LogP contribution < -0.4 is 4.89 Å². The first-order chi connectivity index (χ1) is 22.1. The molecule has 45 heavy (non-hydrogen) atoms. The zero-order valence-corrected chi connectivity index (χ0v) is 29.6. The summed E-state index contributed by atoms with van der Waals surface area (Å²) < 4.78 is 0. The second-order valence-corrected chi connectivity index (χ2v) is 12.0.